The van der Waals surface area contributed by atoms with Gasteiger partial charge in [-0.15, -0.1) is 0 Å². The van der Waals surface area contributed by atoms with Gasteiger partial charge >= 0.3 is 6.03 Å². The standard InChI is InChI=1S/C24H21ClN2O3/c25-20-14-8-7-13-19(20)21(28)16-27-22(29)24(26-23(27)30,18-11-5-2-6-12-18)15-17-9-3-1-4-10-17/h1-14,21,28H,15-16H2,(H,26,30). The molecule has 3 amide bonds. The van der Waals surface area contributed by atoms with E-state index in [0.717, 1.165) is 10.5 Å². The molecule has 6 heteroatoms. The molecular formula is C24H21ClN2O3. The predicted octanol–water partition coefficient (Wildman–Crippen LogP) is 4.06. The van der Waals surface area contributed by atoms with Gasteiger partial charge in [0.25, 0.3) is 5.91 Å². The summed E-state index contributed by atoms with van der Waals surface area (Å²) in [5, 5.41) is 14.0. The van der Waals surface area contributed by atoms with Gasteiger partial charge in [-0.05, 0) is 17.2 Å². The lowest BCUT2D eigenvalue weighted by atomic mass is 9.83. The fourth-order valence-corrected chi connectivity index (χ4v) is 4.11. The Morgan fingerprint density at radius 2 is 1.50 bits per heavy atom. The Bertz CT molecular complexity index is 1060. The lowest BCUT2D eigenvalue weighted by Gasteiger charge is -2.28. The Balaban J connectivity index is 1.68. The van der Waals surface area contributed by atoms with Crippen molar-refractivity contribution in [2.24, 2.45) is 0 Å². The van der Waals surface area contributed by atoms with Gasteiger partial charge < -0.3 is 10.4 Å². The first-order valence-corrected chi connectivity index (χ1v) is 10.0. The van der Waals surface area contributed by atoms with Gasteiger partial charge in [-0.3, -0.25) is 9.69 Å². The molecule has 1 saturated heterocycles. The number of nitrogens with zero attached hydrogens (tertiary/aromatic N) is 1. The molecule has 0 aromatic heterocycles. The van der Waals surface area contributed by atoms with Gasteiger partial charge in [0.1, 0.15) is 0 Å². The number of halogens is 1. The largest absolute Gasteiger partial charge is 0.386 e. The van der Waals surface area contributed by atoms with E-state index in [1.54, 1.807) is 24.3 Å². The number of hydrogen-bond donors (Lipinski definition) is 2. The second-order valence-corrected chi connectivity index (χ2v) is 7.72. The average Bonchev–Trinajstić information content (AvgIpc) is 3.00. The molecule has 0 spiro atoms. The number of aliphatic hydroxyl groups excluding tert-OH is 1. The van der Waals surface area contributed by atoms with E-state index in [1.165, 1.54) is 0 Å². The molecule has 4 rings (SSSR count). The first-order valence-electron chi connectivity index (χ1n) is 9.67. The number of benzene rings is 3. The maximum atomic E-state index is 13.6. The van der Waals surface area contributed by atoms with Crippen LogP contribution in [0.15, 0.2) is 84.9 Å². The molecule has 2 atom stereocenters. The van der Waals surface area contributed by atoms with Crippen molar-refractivity contribution < 1.29 is 14.7 Å². The van der Waals surface area contributed by atoms with Crippen LogP contribution in [0.25, 0.3) is 0 Å². The Morgan fingerprint density at radius 3 is 2.17 bits per heavy atom. The summed E-state index contributed by atoms with van der Waals surface area (Å²) in [6, 6.07) is 25.0. The number of amides is 3. The summed E-state index contributed by atoms with van der Waals surface area (Å²) in [5.74, 6) is -0.395. The summed E-state index contributed by atoms with van der Waals surface area (Å²) < 4.78 is 0. The van der Waals surface area contributed by atoms with Crippen molar-refractivity contribution in [1.29, 1.82) is 0 Å². The normalized spacial score (nSPS) is 19.6. The summed E-state index contributed by atoms with van der Waals surface area (Å²) >= 11 is 6.17. The van der Waals surface area contributed by atoms with E-state index < -0.39 is 23.6 Å². The van der Waals surface area contributed by atoms with E-state index in [2.05, 4.69) is 5.32 Å². The first kappa shape index (κ1) is 20.1. The third-order valence-corrected chi connectivity index (χ3v) is 5.72. The van der Waals surface area contributed by atoms with Gasteiger partial charge in [0.15, 0.2) is 5.54 Å². The number of β-amino-alcohol motifs (C(OH)–C–C–N with tert-alkyl or cyclic N) is 1. The number of carbonyl (C=O) groups excluding carboxylic acids is 2. The van der Waals surface area contributed by atoms with Crippen molar-refractivity contribution >= 4 is 23.5 Å². The molecule has 152 valence electrons. The third-order valence-electron chi connectivity index (χ3n) is 5.37. The second kappa shape index (κ2) is 8.30. The zero-order valence-electron chi connectivity index (χ0n) is 16.2. The zero-order chi connectivity index (χ0) is 21.1. The summed E-state index contributed by atoms with van der Waals surface area (Å²) in [7, 11) is 0. The van der Waals surface area contributed by atoms with E-state index in [-0.39, 0.29) is 6.54 Å². The van der Waals surface area contributed by atoms with Gasteiger partial charge in [-0.25, -0.2) is 4.79 Å². The molecule has 1 aliphatic rings. The molecule has 0 aliphatic carbocycles. The Hall–Kier alpha value is -3.15. The summed E-state index contributed by atoms with van der Waals surface area (Å²) in [6.45, 7) is -0.183. The van der Waals surface area contributed by atoms with Crippen molar-refractivity contribution in [1.82, 2.24) is 10.2 Å². The number of carbonyl (C=O) groups is 2. The van der Waals surface area contributed by atoms with Crippen LogP contribution in [0.2, 0.25) is 5.02 Å². The number of urea groups is 1. The number of aliphatic hydroxyl groups is 1. The van der Waals surface area contributed by atoms with Crippen LogP contribution in [-0.2, 0) is 16.8 Å². The van der Waals surface area contributed by atoms with Crippen LogP contribution in [-0.4, -0.2) is 28.5 Å². The fourth-order valence-electron chi connectivity index (χ4n) is 3.85. The van der Waals surface area contributed by atoms with Gasteiger partial charge in [0.2, 0.25) is 0 Å². The van der Waals surface area contributed by atoms with Crippen molar-refractivity contribution in [3.63, 3.8) is 0 Å². The Kier molecular flexibility index (Phi) is 5.57. The molecule has 2 N–H and O–H groups in total. The number of nitrogens with one attached hydrogen (secondary N) is 1. The molecule has 0 radical (unpaired) electrons. The maximum absolute atomic E-state index is 13.6. The minimum Gasteiger partial charge on any atom is -0.386 e. The molecule has 30 heavy (non-hydrogen) atoms. The molecule has 1 aliphatic heterocycles. The van der Waals surface area contributed by atoms with Crippen molar-refractivity contribution in [3.05, 3.63) is 107 Å². The zero-order valence-corrected chi connectivity index (χ0v) is 16.9. The van der Waals surface area contributed by atoms with Gasteiger partial charge in [0, 0.05) is 17.0 Å². The van der Waals surface area contributed by atoms with E-state index >= 15 is 0 Å². The minimum atomic E-state index is -1.24. The molecule has 2 unspecified atom stereocenters. The van der Waals surface area contributed by atoms with Crippen LogP contribution < -0.4 is 5.32 Å². The number of imide groups is 1. The van der Waals surface area contributed by atoms with Crippen molar-refractivity contribution in [3.8, 4) is 0 Å². The van der Waals surface area contributed by atoms with Crippen LogP contribution in [0.1, 0.15) is 22.8 Å². The molecule has 5 nitrogen and oxygen atoms in total. The van der Waals surface area contributed by atoms with E-state index in [0.29, 0.717) is 22.6 Å². The molecule has 1 heterocycles. The van der Waals surface area contributed by atoms with E-state index in [1.807, 2.05) is 60.7 Å². The van der Waals surface area contributed by atoms with Crippen LogP contribution in [0, 0.1) is 0 Å². The molecule has 3 aromatic carbocycles. The maximum Gasteiger partial charge on any atom is 0.325 e. The van der Waals surface area contributed by atoms with Crippen LogP contribution in [0.3, 0.4) is 0 Å². The van der Waals surface area contributed by atoms with Crippen molar-refractivity contribution in [2.45, 2.75) is 18.1 Å². The smallest absolute Gasteiger partial charge is 0.325 e. The Labute approximate surface area is 179 Å². The lowest BCUT2D eigenvalue weighted by molar-refractivity contribution is -0.132. The summed E-state index contributed by atoms with van der Waals surface area (Å²) in [6.07, 6.45) is -0.780. The highest BCUT2D eigenvalue weighted by atomic mass is 35.5. The molecule has 0 saturated carbocycles. The molecule has 3 aromatic rings. The monoisotopic (exact) mass is 420 g/mol. The highest BCUT2D eigenvalue weighted by Gasteiger charge is 2.52. The van der Waals surface area contributed by atoms with Crippen LogP contribution >= 0.6 is 11.6 Å². The predicted molar refractivity (Wildman–Crippen MR) is 115 cm³/mol. The SMILES string of the molecule is O=C1NC(Cc2ccccc2)(c2ccccc2)C(=O)N1CC(O)c1ccccc1Cl. The van der Waals surface area contributed by atoms with Crippen LogP contribution in [0.4, 0.5) is 4.79 Å². The van der Waals surface area contributed by atoms with Crippen molar-refractivity contribution in [2.75, 3.05) is 6.54 Å². The second-order valence-electron chi connectivity index (χ2n) is 7.32. The molecule has 0 bridgehead atoms. The van der Waals surface area contributed by atoms with E-state index in [4.69, 9.17) is 11.6 Å². The average molecular weight is 421 g/mol. The topological polar surface area (TPSA) is 69.6 Å². The third kappa shape index (κ3) is 3.70. The van der Waals surface area contributed by atoms with Gasteiger partial charge in [-0.2, -0.15) is 0 Å². The fraction of sp³-hybridized carbons (Fsp3) is 0.167. The number of hydrogen-bond acceptors (Lipinski definition) is 3. The van der Waals surface area contributed by atoms with Gasteiger partial charge in [0.05, 0.1) is 12.6 Å². The van der Waals surface area contributed by atoms with E-state index in [9.17, 15) is 14.7 Å². The summed E-state index contributed by atoms with van der Waals surface area (Å²) in [5.41, 5.74) is 0.852. The molecular weight excluding hydrogens is 400 g/mol. The Morgan fingerprint density at radius 1 is 0.900 bits per heavy atom. The first-order chi connectivity index (χ1) is 14.5. The minimum absolute atomic E-state index is 0.183. The summed E-state index contributed by atoms with van der Waals surface area (Å²) in [4.78, 5) is 27.5. The quantitative estimate of drug-likeness (QED) is 0.591. The number of rotatable bonds is 6. The highest BCUT2D eigenvalue weighted by molar-refractivity contribution is 6.31. The molecule has 1 fully saturated rings. The lowest BCUT2D eigenvalue weighted by Crippen LogP contribution is -2.46. The highest BCUT2D eigenvalue weighted by Crippen LogP contribution is 2.34. The van der Waals surface area contributed by atoms with Gasteiger partial charge in [-0.1, -0.05) is 90.5 Å². The van der Waals surface area contributed by atoms with Crippen LogP contribution in [0.5, 0.6) is 0 Å².